The van der Waals surface area contributed by atoms with Gasteiger partial charge in [-0.1, -0.05) is 24.9 Å². The molecule has 0 saturated heterocycles. The topological polar surface area (TPSA) is 46.2 Å². The zero-order valence-corrected chi connectivity index (χ0v) is 9.30. The van der Waals surface area contributed by atoms with Gasteiger partial charge in [0.25, 0.3) is 0 Å². The van der Waals surface area contributed by atoms with Crippen molar-refractivity contribution in [3.05, 3.63) is 28.3 Å². The summed E-state index contributed by atoms with van der Waals surface area (Å²) < 4.78 is 0. The maximum absolute atomic E-state index is 9.78. The molecule has 2 nitrogen and oxygen atoms in total. The van der Waals surface area contributed by atoms with E-state index in [2.05, 4.69) is 6.92 Å². The first-order valence-electron chi connectivity index (χ1n) is 4.80. The van der Waals surface area contributed by atoms with Crippen LogP contribution in [0.5, 0.6) is 5.75 Å². The first-order valence-corrected chi connectivity index (χ1v) is 5.18. The average Bonchev–Trinajstić information content (AvgIpc) is 2.11. The molecule has 1 atom stereocenters. The largest absolute Gasteiger partial charge is 0.507 e. The van der Waals surface area contributed by atoms with Gasteiger partial charge in [-0.05, 0) is 31.0 Å². The van der Waals surface area contributed by atoms with Crippen LogP contribution in [0.2, 0.25) is 5.02 Å². The van der Waals surface area contributed by atoms with E-state index in [1.54, 1.807) is 12.1 Å². The molecule has 0 saturated carbocycles. The molecule has 0 aromatic heterocycles. The van der Waals surface area contributed by atoms with Gasteiger partial charge in [-0.25, -0.2) is 0 Å². The number of nitrogens with two attached hydrogens (primary N) is 1. The van der Waals surface area contributed by atoms with E-state index < -0.39 is 0 Å². The number of hydrogen-bond donors (Lipinski definition) is 2. The Morgan fingerprint density at radius 1 is 1.50 bits per heavy atom. The number of phenolic OH excluding ortho intramolecular Hbond substituents is 1. The molecule has 1 unspecified atom stereocenters. The predicted molar refractivity (Wildman–Crippen MR) is 59.7 cm³/mol. The van der Waals surface area contributed by atoms with Crippen LogP contribution in [0.25, 0.3) is 0 Å². The van der Waals surface area contributed by atoms with Gasteiger partial charge in [0.1, 0.15) is 5.75 Å². The molecular formula is C11H16ClNO. The fourth-order valence-electron chi connectivity index (χ4n) is 1.51. The van der Waals surface area contributed by atoms with Gasteiger partial charge in [0, 0.05) is 16.6 Å². The first-order chi connectivity index (χ1) is 6.56. The SMILES string of the molecule is CCCC(N)c1cc(Cl)cc(C)c1O. The smallest absolute Gasteiger partial charge is 0.123 e. The molecule has 0 radical (unpaired) electrons. The normalized spacial score (nSPS) is 12.9. The van der Waals surface area contributed by atoms with Crippen molar-refractivity contribution in [2.24, 2.45) is 5.73 Å². The summed E-state index contributed by atoms with van der Waals surface area (Å²) in [7, 11) is 0. The van der Waals surface area contributed by atoms with Crippen molar-refractivity contribution < 1.29 is 5.11 Å². The maximum Gasteiger partial charge on any atom is 0.123 e. The van der Waals surface area contributed by atoms with Gasteiger partial charge < -0.3 is 10.8 Å². The Bertz CT molecular complexity index is 325. The second-order valence-corrected chi connectivity index (χ2v) is 3.99. The van der Waals surface area contributed by atoms with Gasteiger partial charge in [-0.2, -0.15) is 0 Å². The maximum atomic E-state index is 9.78. The predicted octanol–water partition coefficient (Wildman–Crippen LogP) is 3.15. The summed E-state index contributed by atoms with van der Waals surface area (Å²) in [5.41, 5.74) is 7.45. The molecule has 14 heavy (non-hydrogen) atoms. The van der Waals surface area contributed by atoms with Crippen LogP contribution in [0, 0.1) is 6.92 Å². The fraction of sp³-hybridized carbons (Fsp3) is 0.455. The Morgan fingerprint density at radius 2 is 2.14 bits per heavy atom. The van der Waals surface area contributed by atoms with E-state index in [0.29, 0.717) is 5.02 Å². The van der Waals surface area contributed by atoms with E-state index in [-0.39, 0.29) is 11.8 Å². The molecule has 1 rings (SSSR count). The summed E-state index contributed by atoms with van der Waals surface area (Å²) >= 11 is 5.90. The number of phenols is 1. The minimum Gasteiger partial charge on any atom is -0.507 e. The van der Waals surface area contributed by atoms with Gasteiger partial charge >= 0.3 is 0 Å². The molecule has 0 fully saturated rings. The highest BCUT2D eigenvalue weighted by Crippen LogP contribution is 2.31. The minimum atomic E-state index is -0.127. The van der Waals surface area contributed by atoms with Crippen molar-refractivity contribution in [3.63, 3.8) is 0 Å². The van der Waals surface area contributed by atoms with Crippen LogP contribution in [-0.4, -0.2) is 5.11 Å². The van der Waals surface area contributed by atoms with Crippen molar-refractivity contribution >= 4 is 11.6 Å². The van der Waals surface area contributed by atoms with Crippen LogP contribution >= 0.6 is 11.6 Å². The monoisotopic (exact) mass is 213 g/mol. The third-order valence-electron chi connectivity index (χ3n) is 2.29. The number of benzene rings is 1. The lowest BCUT2D eigenvalue weighted by molar-refractivity contribution is 0.454. The van der Waals surface area contributed by atoms with Gasteiger partial charge in [0.05, 0.1) is 0 Å². The average molecular weight is 214 g/mol. The molecule has 1 aromatic carbocycles. The van der Waals surface area contributed by atoms with E-state index in [9.17, 15) is 5.11 Å². The Kier molecular flexibility index (Phi) is 3.78. The van der Waals surface area contributed by atoms with E-state index in [0.717, 1.165) is 24.0 Å². The van der Waals surface area contributed by atoms with Crippen molar-refractivity contribution in [2.45, 2.75) is 32.7 Å². The highest BCUT2D eigenvalue weighted by Gasteiger charge is 2.12. The van der Waals surface area contributed by atoms with E-state index in [4.69, 9.17) is 17.3 Å². The molecular weight excluding hydrogens is 198 g/mol. The van der Waals surface area contributed by atoms with Crippen molar-refractivity contribution in [3.8, 4) is 5.75 Å². The van der Waals surface area contributed by atoms with Crippen LogP contribution in [0.1, 0.15) is 36.9 Å². The second kappa shape index (κ2) is 4.67. The second-order valence-electron chi connectivity index (χ2n) is 3.56. The van der Waals surface area contributed by atoms with Crippen molar-refractivity contribution in [1.29, 1.82) is 0 Å². The van der Waals surface area contributed by atoms with Crippen LogP contribution < -0.4 is 5.73 Å². The van der Waals surface area contributed by atoms with Crippen LogP contribution in [0.15, 0.2) is 12.1 Å². The standard InChI is InChI=1S/C11H16ClNO/c1-3-4-10(13)9-6-8(12)5-7(2)11(9)14/h5-6,10,14H,3-4,13H2,1-2H3. The molecule has 3 N–H and O–H groups in total. The summed E-state index contributed by atoms with van der Waals surface area (Å²) in [6, 6.07) is 3.35. The molecule has 0 heterocycles. The zero-order valence-electron chi connectivity index (χ0n) is 8.55. The lowest BCUT2D eigenvalue weighted by Gasteiger charge is -2.14. The fourth-order valence-corrected chi connectivity index (χ4v) is 1.79. The highest BCUT2D eigenvalue weighted by molar-refractivity contribution is 6.30. The van der Waals surface area contributed by atoms with E-state index in [1.165, 1.54) is 0 Å². The summed E-state index contributed by atoms with van der Waals surface area (Å²) in [5, 5.41) is 10.4. The van der Waals surface area contributed by atoms with Crippen LogP contribution in [0.3, 0.4) is 0 Å². The molecule has 0 aliphatic carbocycles. The third-order valence-corrected chi connectivity index (χ3v) is 2.51. The molecule has 78 valence electrons. The number of hydrogen-bond acceptors (Lipinski definition) is 2. The lowest BCUT2D eigenvalue weighted by atomic mass is 10.00. The van der Waals surface area contributed by atoms with Crippen LogP contribution in [-0.2, 0) is 0 Å². The molecule has 0 bridgehead atoms. The zero-order chi connectivity index (χ0) is 10.7. The molecule has 1 aromatic rings. The summed E-state index contributed by atoms with van der Waals surface area (Å²) in [6.07, 6.45) is 1.85. The summed E-state index contributed by atoms with van der Waals surface area (Å²) in [6.45, 7) is 3.89. The first kappa shape index (κ1) is 11.3. The Balaban J connectivity index is 3.07. The Labute approximate surface area is 89.7 Å². The summed E-state index contributed by atoms with van der Waals surface area (Å²) in [4.78, 5) is 0. The number of rotatable bonds is 3. The minimum absolute atomic E-state index is 0.127. The highest BCUT2D eigenvalue weighted by atomic mass is 35.5. The summed E-state index contributed by atoms with van der Waals surface area (Å²) in [5.74, 6) is 0.273. The molecule has 0 aliphatic rings. The molecule has 3 heteroatoms. The molecule has 0 spiro atoms. The van der Waals surface area contributed by atoms with Gasteiger partial charge in [-0.15, -0.1) is 0 Å². The molecule has 0 aliphatic heterocycles. The quantitative estimate of drug-likeness (QED) is 0.810. The lowest BCUT2D eigenvalue weighted by Crippen LogP contribution is -2.10. The van der Waals surface area contributed by atoms with Crippen LogP contribution in [0.4, 0.5) is 0 Å². The van der Waals surface area contributed by atoms with E-state index >= 15 is 0 Å². The van der Waals surface area contributed by atoms with Gasteiger partial charge in [0.15, 0.2) is 0 Å². The molecule has 0 amide bonds. The van der Waals surface area contributed by atoms with Gasteiger partial charge in [0.2, 0.25) is 0 Å². The van der Waals surface area contributed by atoms with Crippen molar-refractivity contribution in [2.75, 3.05) is 0 Å². The van der Waals surface area contributed by atoms with E-state index in [1.807, 2.05) is 6.92 Å². The number of aromatic hydroxyl groups is 1. The Hall–Kier alpha value is -0.730. The van der Waals surface area contributed by atoms with Gasteiger partial charge in [-0.3, -0.25) is 0 Å². The van der Waals surface area contributed by atoms with Crippen molar-refractivity contribution in [1.82, 2.24) is 0 Å². The Morgan fingerprint density at radius 3 is 2.71 bits per heavy atom. The number of halogens is 1. The number of aryl methyl sites for hydroxylation is 1. The third kappa shape index (κ3) is 2.40.